The lowest BCUT2D eigenvalue weighted by Gasteiger charge is -2.30. The van der Waals surface area contributed by atoms with Gasteiger partial charge >= 0.3 is 12.1 Å². The largest absolute Gasteiger partial charge is 0.481 e. The van der Waals surface area contributed by atoms with Gasteiger partial charge in [0.15, 0.2) is 0 Å². The summed E-state index contributed by atoms with van der Waals surface area (Å²) in [5, 5.41) is 14.8. The molecule has 7 nitrogen and oxygen atoms in total. The molecule has 3 N–H and O–H groups in total. The normalized spacial score (nSPS) is 20.0. The molecule has 0 saturated heterocycles. The molecule has 2 aliphatic carbocycles. The number of carbonyl (C=O) groups excluding carboxylic acids is 2. The molecule has 0 aromatic heterocycles. The highest BCUT2D eigenvalue weighted by atomic mass is 16.5. The molecule has 0 aliphatic heterocycles. The topological polar surface area (TPSA) is 105 Å². The van der Waals surface area contributed by atoms with E-state index in [-0.39, 0.29) is 42.9 Å². The fourth-order valence-electron chi connectivity index (χ4n) is 5.19. The smallest absolute Gasteiger partial charge is 0.407 e. The van der Waals surface area contributed by atoms with Gasteiger partial charge in [-0.05, 0) is 47.9 Å². The predicted molar refractivity (Wildman–Crippen MR) is 128 cm³/mol. The van der Waals surface area contributed by atoms with Crippen molar-refractivity contribution in [1.29, 1.82) is 0 Å². The SMILES string of the molecule is CC[C@H](CC(=O)O)NC(=O)[C@H]1CCC[C@@H](NC(=O)OCC2c3ccccc3-c3ccccc32)C1. The number of nitrogens with one attached hydrogen (secondary N) is 2. The van der Waals surface area contributed by atoms with Gasteiger partial charge in [-0.1, -0.05) is 61.9 Å². The van der Waals surface area contributed by atoms with E-state index in [2.05, 4.69) is 34.9 Å². The average Bonchev–Trinajstić information content (AvgIpc) is 3.16. The molecule has 0 unspecified atom stereocenters. The van der Waals surface area contributed by atoms with Crippen molar-refractivity contribution >= 4 is 18.0 Å². The summed E-state index contributed by atoms with van der Waals surface area (Å²) in [4.78, 5) is 36.3. The number of carboxylic acid groups (broad SMARTS) is 1. The Hall–Kier alpha value is -3.35. The highest BCUT2D eigenvalue weighted by Gasteiger charge is 2.31. The molecule has 0 heterocycles. The fraction of sp³-hybridized carbons (Fsp3) is 0.444. The highest BCUT2D eigenvalue weighted by molar-refractivity contribution is 5.80. The lowest BCUT2D eigenvalue weighted by Crippen LogP contribution is -2.45. The fourth-order valence-corrected chi connectivity index (χ4v) is 5.19. The third-order valence-corrected chi connectivity index (χ3v) is 6.97. The van der Waals surface area contributed by atoms with Crippen molar-refractivity contribution in [2.45, 2.75) is 63.5 Å². The standard InChI is InChI=1S/C27H32N2O5/c1-2-18(15-25(30)31)28-26(32)17-8-7-9-19(14-17)29-27(33)34-16-24-22-12-5-3-10-20(22)21-11-4-6-13-23(21)24/h3-6,10-13,17-19,24H,2,7-9,14-16H2,1H3,(H,28,32)(H,29,33)(H,30,31)/t17-,18+,19+/m0/s1. The van der Waals surface area contributed by atoms with Crippen LogP contribution in [0, 0.1) is 5.92 Å². The van der Waals surface area contributed by atoms with Gasteiger partial charge in [0.05, 0.1) is 6.42 Å². The van der Waals surface area contributed by atoms with Crippen LogP contribution in [0.25, 0.3) is 11.1 Å². The Labute approximate surface area is 199 Å². The van der Waals surface area contributed by atoms with Crippen LogP contribution in [0.1, 0.15) is 62.5 Å². The summed E-state index contributed by atoms with van der Waals surface area (Å²) in [6.45, 7) is 2.11. The number of hydrogen-bond acceptors (Lipinski definition) is 4. The maximum atomic E-state index is 12.7. The first kappa shape index (κ1) is 23.8. The molecule has 7 heteroatoms. The Bertz CT molecular complexity index is 1010. The van der Waals surface area contributed by atoms with Crippen molar-refractivity contribution in [1.82, 2.24) is 10.6 Å². The molecule has 2 aliphatic rings. The molecule has 1 fully saturated rings. The Balaban J connectivity index is 1.31. The van der Waals surface area contributed by atoms with Crippen molar-refractivity contribution in [3.8, 4) is 11.1 Å². The van der Waals surface area contributed by atoms with Gasteiger partial charge in [-0.2, -0.15) is 0 Å². The van der Waals surface area contributed by atoms with Gasteiger partial charge < -0.3 is 20.5 Å². The summed E-state index contributed by atoms with van der Waals surface area (Å²) in [6.07, 6.45) is 2.88. The average molecular weight is 465 g/mol. The third kappa shape index (κ3) is 5.41. The molecule has 4 rings (SSSR count). The molecule has 0 spiro atoms. The van der Waals surface area contributed by atoms with Crippen molar-refractivity contribution in [3.63, 3.8) is 0 Å². The molecule has 34 heavy (non-hydrogen) atoms. The zero-order valence-electron chi connectivity index (χ0n) is 19.5. The minimum Gasteiger partial charge on any atom is -0.481 e. The van der Waals surface area contributed by atoms with Gasteiger partial charge in [0.1, 0.15) is 6.61 Å². The molecule has 0 bridgehead atoms. The number of hydrogen-bond donors (Lipinski definition) is 3. The second-order valence-corrected chi connectivity index (χ2v) is 9.24. The minimum atomic E-state index is -0.925. The lowest BCUT2D eigenvalue weighted by molar-refractivity contribution is -0.138. The van der Waals surface area contributed by atoms with Crippen LogP contribution in [0.2, 0.25) is 0 Å². The summed E-state index contributed by atoms with van der Waals surface area (Å²) in [5.41, 5.74) is 4.69. The van der Waals surface area contributed by atoms with Gasteiger partial charge in [0, 0.05) is 23.9 Å². The van der Waals surface area contributed by atoms with E-state index < -0.39 is 12.1 Å². The Morgan fingerprint density at radius 1 is 1.03 bits per heavy atom. The number of alkyl carbamates (subject to hydrolysis) is 1. The first-order chi connectivity index (χ1) is 16.5. The Morgan fingerprint density at radius 2 is 1.68 bits per heavy atom. The maximum absolute atomic E-state index is 12.7. The van der Waals surface area contributed by atoms with Gasteiger partial charge in [-0.25, -0.2) is 4.79 Å². The van der Waals surface area contributed by atoms with Crippen LogP contribution in [0.4, 0.5) is 4.79 Å². The summed E-state index contributed by atoms with van der Waals surface area (Å²) in [6, 6.07) is 15.9. The molecule has 1 saturated carbocycles. The van der Waals surface area contributed by atoms with Gasteiger partial charge in [0.2, 0.25) is 5.91 Å². The number of benzene rings is 2. The van der Waals surface area contributed by atoms with E-state index in [1.54, 1.807) is 0 Å². The van der Waals surface area contributed by atoms with Crippen LogP contribution in [0.5, 0.6) is 0 Å². The monoisotopic (exact) mass is 464 g/mol. The van der Waals surface area contributed by atoms with Gasteiger partial charge in [-0.15, -0.1) is 0 Å². The maximum Gasteiger partial charge on any atom is 0.407 e. The number of aliphatic carboxylic acids is 1. The zero-order valence-corrected chi connectivity index (χ0v) is 19.5. The number of ether oxygens (including phenoxy) is 1. The third-order valence-electron chi connectivity index (χ3n) is 6.97. The van der Waals surface area contributed by atoms with Crippen molar-refractivity contribution in [2.75, 3.05) is 6.61 Å². The van der Waals surface area contributed by atoms with Crippen molar-refractivity contribution in [2.24, 2.45) is 5.92 Å². The van der Waals surface area contributed by atoms with Gasteiger partial charge in [-0.3, -0.25) is 9.59 Å². The number of amides is 2. The van der Waals surface area contributed by atoms with Crippen LogP contribution in [0.3, 0.4) is 0 Å². The minimum absolute atomic E-state index is 0.00300. The lowest BCUT2D eigenvalue weighted by atomic mass is 9.85. The summed E-state index contributed by atoms with van der Waals surface area (Å²) < 4.78 is 5.65. The molecule has 3 atom stereocenters. The van der Waals surface area contributed by atoms with E-state index in [1.165, 1.54) is 11.1 Å². The Morgan fingerprint density at radius 3 is 2.29 bits per heavy atom. The van der Waals surface area contributed by atoms with Crippen molar-refractivity contribution < 1.29 is 24.2 Å². The molecule has 2 aromatic carbocycles. The summed E-state index contributed by atoms with van der Waals surface area (Å²) in [7, 11) is 0. The number of rotatable bonds is 8. The predicted octanol–water partition coefficient (Wildman–Crippen LogP) is 4.45. The van der Waals surface area contributed by atoms with Crippen LogP contribution in [0.15, 0.2) is 48.5 Å². The molecule has 0 radical (unpaired) electrons. The number of carbonyl (C=O) groups is 3. The molecule has 2 aromatic rings. The van der Waals surface area contributed by atoms with E-state index in [0.29, 0.717) is 12.8 Å². The Kier molecular flexibility index (Phi) is 7.50. The van der Waals surface area contributed by atoms with Crippen LogP contribution >= 0.6 is 0 Å². The van der Waals surface area contributed by atoms with Crippen LogP contribution in [-0.2, 0) is 14.3 Å². The summed E-state index contributed by atoms with van der Waals surface area (Å²) in [5.74, 6) is -1.29. The first-order valence-electron chi connectivity index (χ1n) is 12.1. The van der Waals surface area contributed by atoms with E-state index in [1.807, 2.05) is 31.2 Å². The van der Waals surface area contributed by atoms with Crippen LogP contribution in [-0.4, -0.2) is 41.8 Å². The first-order valence-corrected chi connectivity index (χ1v) is 12.1. The highest BCUT2D eigenvalue weighted by Crippen LogP contribution is 2.44. The molecular formula is C27H32N2O5. The molecule has 180 valence electrons. The second-order valence-electron chi connectivity index (χ2n) is 9.24. The van der Waals surface area contributed by atoms with E-state index >= 15 is 0 Å². The number of carboxylic acids is 1. The van der Waals surface area contributed by atoms with E-state index in [4.69, 9.17) is 9.84 Å². The molecular weight excluding hydrogens is 432 g/mol. The second kappa shape index (κ2) is 10.7. The van der Waals surface area contributed by atoms with Crippen molar-refractivity contribution in [3.05, 3.63) is 59.7 Å². The van der Waals surface area contributed by atoms with E-state index in [9.17, 15) is 14.4 Å². The van der Waals surface area contributed by atoms with Crippen LogP contribution < -0.4 is 10.6 Å². The molecule has 2 amide bonds. The number of fused-ring (bicyclic) bond motifs is 3. The zero-order chi connectivity index (χ0) is 24.1. The summed E-state index contributed by atoms with van der Waals surface area (Å²) >= 11 is 0. The van der Waals surface area contributed by atoms with Gasteiger partial charge in [0.25, 0.3) is 0 Å². The quantitative estimate of drug-likeness (QED) is 0.535. The van der Waals surface area contributed by atoms with E-state index in [0.717, 1.165) is 30.4 Å².